The topological polar surface area (TPSA) is 73.3 Å². The number of ether oxygens (including phenoxy) is 2. The Hall–Kier alpha value is -1.80. The van der Waals surface area contributed by atoms with E-state index in [9.17, 15) is 4.79 Å². The molecule has 0 aliphatic carbocycles. The van der Waals surface area contributed by atoms with E-state index in [-0.39, 0.29) is 12.6 Å². The van der Waals surface area contributed by atoms with Gasteiger partial charge in [-0.1, -0.05) is 23.1 Å². The molecule has 0 saturated carbocycles. The Morgan fingerprint density at radius 1 is 1.40 bits per heavy atom. The Labute approximate surface area is 123 Å². The summed E-state index contributed by atoms with van der Waals surface area (Å²) in [5.74, 6) is 1.64. The average molecular weight is 309 g/mol. The third kappa shape index (κ3) is 2.70. The minimum atomic E-state index is 0.0227. The monoisotopic (exact) mass is 309 g/mol. The van der Waals surface area contributed by atoms with Gasteiger partial charge in [-0.2, -0.15) is 0 Å². The van der Waals surface area contributed by atoms with Gasteiger partial charge in [0.05, 0.1) is 5.75 Å². The fraction of sp³-hybridized carbons (Fsp3) is 0.250. The number of hydrogen-bond acceptors (Lipinski definition) is 8. The van der Waals surface area contributed by atoms with Crippen molar-refractivity contribution in [2.75, 3.05) is 24.9 Å². The number of fused-ring (bicyclic) bond motifs is 1. The number of benzene rings is 1. The molecule has 2 heterocycles. The van der Waals surface area contributed by atoms with Crippen molar-refractivity contribution in [2.24, 2.45) is 0 Å². The first kappa shape index (κ1) is 13.2. The van der Waals surface area contributed by atoms with Gasteiger partial charge in [0.2, 0.25) is 11.9 Å². The Kier molecular flexibility index (Phi) is 3.75. The zero-order valence-electron chi connectivity index (χ0n) is 10.6. The second-order valence-corrected chi connectivity index (χ2v) is 6.10. The first-order valence-electron chi connectivity index (χ1n) is 5.83. The van der Waals surface area contributed by atoms with Crippen LogP contribution in [0.25, 0.3) is 0 Å². The molecule has 0 fully saturated rings. The summed E-state index contributed by atoms with van der Waals surface area (Å²) in [6, 6.07) is 5.21. The maximum Gasteiger partial charge on any atom is 0.231 e. The summed E-state index contributed by atoms with van der Waals surface area (Å²) in [6.07, 6.45) is 0. The first-order valence-corrected chi connectivity index (χ1v) is 7.63. The van der Waals surface area contributed by atoms with Crippen molar-refractivity contribution >= 4 is 34.0 Å². The summed E-state index contributed by atoms with van der Waals surface area (Å²) in [7, 11) is 1.78. The van der Waals surface area contributed by atoms with Crippen molar-refractivity contribution in [3.05, 3.63) is 23.8 Å². The maximum absolute atomic E-state index is 12.1. The lowest BCUT2D eigenvalue weighted by Gasteiger charge is -2.01. The van der Waals surface area contributed by atoms with E-state index >= 15 is 0 Å². The molecule has 6 nitrogen and oxygen atoms in total. The molecule has 3 rings (SSSR count). The van der Waals surface area contributed by atoms with Gasteiger partial charge in [0.15, 0.2) is 21.6 Å². The van der Waals surface area contributed by atoms with Crippen LogP contribution in [0.3, 0.4) is 0 Å². The lowest BCUT2D eigenvalue weighted by atomic mass is 10.1. The predicted molar refractivity (Wildman–Crippen MR) is 77.1 cm³/mol. The van der Waals surface area contributed by atoms with Gasteiger partial charge in [-0.15, -0.1) is 10.2 Å². The lowest BCUT2D eigenvalue weighted by molar-refractivity contribution is 0.102. The standard InChI is InChI=1S/C12H11N3O3S2/c1-13-11-14-15-12(20-11)19-5-8(16)7-2-3-9-10(4-7)18-6-17-9/h2-4H,5-6H2,1H3,(H,13,14). The van der Waals surface area contributed by atoms with Gasteiger partial charge in [-0.05, 0) is 18.2 Å². The van der Waals surface area contributed by atoms with Crippen molar-refractivity contribution in [2.45, 2.75) is 4.34 Å². The molecule has 0 saturated heterocycles. The largest absolute Gasteiger partial charge is 0.454 e. The summed E-state index contributed by atoms with van der Waals surface area (Å²) in [6.45, 7) is 0.208. The number of ketones is 1. The molecule has 1 aromatic heterocycles. The van der Waals surface area contributed by atoms with Crippen molar-refractivity contribution in [3.8, 4) is 11.5 Å². The fourth-order valence-corrected chi connectivity index (χ4v) is 3.25. The summed E-state index contributed by atoms with van der Waals surface area (Å²) in [5.41, 5.74) is 0.611. The number of nitrogens with zero attached hydrogens (tertiary/aromatic N) is 2. The van der Waals surface area contributed by atoms with Gasteiger partial charge in [-0.25, -0.2) is 0 Å². The van der Waals surface area contributed by atoms with Gasteiger partial charge < -0.3 is 14.8 Å². The lowest BCUT2D eigenvalue weighted by Crippen LogP contribution is -2.02. The number of carbonyl (C=O) groups excluding carboxylic acids is 1. The Morgan fingerprint density at radius 3 is 3.05 bits per heavy atom. The van der Waals surface area contributed by atoms with Crippen molar-refractivity contribution in [3.63, 3.8) is 0 Å². The van der Waals surface area contributed by atoms with E-state index < -0.39 is 0 Å². The van der Waals surface area contributed by atoms with Crippen molar-refractivity contribution < 1.29 is 14.3 Å². The predicted octanol–water partition coefficient (Wildman–Crippen LogP) is 2.28. The highest BCUT2D eigenvalue weighted by molar-refractivity contribution is 8.01. The molecular formula is C12H11N3O3S2. The highest BCUT2D eigenvalue weighted by atomic mass is 32.2. The van der Waals surface area contributed by atoms with Gasteiger partial charge >= 0.3 is 0 Å². The minimum Gasteiger partial charge on any atom is -0.454 e. The smallest absolute Gasteiger partial charge is 0.231 e. The van der Waals surface area contributed by atoms with Crippen LogP contribution >= 0.6 is 23.1 Å². The molecule has 0 spiro atoms. The zero-order valence-corrected chi connectivity index (χ0v) is 12.2. The van der Waals surface area contributed by atoms with Crippen LogP contribution in [0.4, 0.5) is 5.13 Å². The normalized spacial score (nSPS) is 12.4. The van der Waals surface area contributed by atoms with Gasteiger partial charge in [0.25, 0.3) is 0 Å². The van der Waals surface area contributed by atoms with Crippen LogP contribution in [0.15, 0.2) is 22.5 Å². The summed E-state index contributed by atoms with van der Waals surface area (Å²) < 4.78 is 11.2. The highest BCUT2D eigenvalue weighted by Crippen LogP contribution is 2.33. The zero-order chi connectivity index (χ0) is 13.9. The Bertz CT molecular complexity index is 645. The maximum atomic E-state index is 12.1. The number of hydrogen-bond donors (Lipinski definition) is 1. The Balaban J connectivity index is 1.64. The van der Waals surface area contributed by atoms with Crippen molar-refractivity contribution in [1.82, 2.24) is 10.2 Å². The summed E-state index contributed by atoms with van der Waals surface area (Å²) in [4.78, 5) is 12.1. The van der Waals surface area contributed by atoms with E-state index in [2.05, 4.69) is 15.5 Å². The molecule has 20 heavy (non-hydrogen) atoms. The molecular weight excluding hydrogens is 298 g/mol. The van der Waals surface area contributed by atoms with Crippen LogP contribution in [0.5, 0.6) is 11.5 Å². The summed E-state index contributed by atoms with van der Waals surface area (Å²) >= 11 is 2.80. The third-order valence-electron chi connectivity index (χ3n) is 2.64. The molecule has 1 aliphatic rings. The van der Waals surface area contributed by atoms with E-state index in [0.29, 0.717) is 22.8 Å². The number of nitrogens with one attached hydrogen (secondary N) is 1. The second kappa shape index (κ2) is 5.68. The van der Waals surface area contributed by atoms with Crippen LogP contribution < -0.4 is 14.8 Å². The average Bonchev–Trinajstić information content (AvgIpc) is 3.12. The van der Waals surface area contributed by atoms with Gasteiger partial charge in [0.1, 0.15) is 0 Å². The van der Waals surface area contributed by atoms with Crippen LogP contribution in [0, 0.1) is 0 Å². The van der Waals surface area contributed by atoms with E-state index in [1.165, 1.54) is 23.1 Å². The highest BCUT2D eigenvalue weighted by Gasteiger charge is 2.16. The number of Topliss-reactive ketones (excluding diaryl/α,β-unsaturated/α-hetero) is 1. The van der Waals surface area contributed by atoms with Crippen LogP contribution in [-0.2, 0) is 0 Å². The molecule has 0 radical (unpaired) electrons. The molecule has 2 aromatic rings. The molecule has 0 unspecified atom stereocenters. The molecule has 104 valence electrons. The first-order chi connectivity index (χ1) is 9.76. The van der Waals surface area contributed by atoms with Crippen LogP contribution in [0.1, 0.15) is 10.4 Å². The van der Waals surface area contributed by atoms with Crippen molar-refractivity contribution in [1.29, 1.82) is 0 Å². The minimum absolute atomic E-state index is 0.0227. The van der Waals surface area contributed by atoms with Gasteiger partial charge in [-0.3, -0.25) is 4.79 Å². The van der Waals surface area contributed by atoms with E-state index in [1.807, 2.05) is 0 Å². The molecule has 0 bridgehead atoms. The molecule has 0 atom stereocenters. The summed E-state index contributed by atoms with van der Waals surface area (Å²) in [5, 5.41) is 11.6. The van der Waals surface area contributed by atoms with E-state index in [4.69, 9.17) is 9.47 Å². The van der Waals surface area contributed by atoms with Crippen LogP contribution in [-0.4, -0.2) is 35.6 Å². The number of aromatic nitrogens is 2. The fourth-order valence-electron chi connectivity index (χ4n) is 1.65. The number of carbonyl (C=O) groups is 1. The van der Waals surface area contributed by atoms with E-state index in [1.54, 1.807) is 25.2 Å². The molecule has 1 aromatic carbocycles. The molecule has 1 aliphatic heterocycles. The second-order valence-electron chi connectivity index (χ2n) is 3.90. The molecule has 8 heteroatoms. The number of anilines is 1. The quantitative estimate of drug-likeness (QED) is 0.671. The number of thioether (sulfide) groups is 1. The molecule has 1 N–H and O–H groups in total. The van der Waals surface area contributed by atoms with E-state index in [0.717, 1.165) is 9.47 Å². The SMILES string of the molecule is CNc1nnc(SCC(=O)c2ccc3c(c2)OCO3)s1. The molecule has 0 amide bonds. The number of rotatable bonds is 5. The van der Waals surface area contributed by atoms with Crippen LogP contribution in [0.2, 0.25) is 0 Å². The Morgan fingerprint density at radius 2 is 2.25 bits per heavy atom. The third-order valence-corrected chi connectivity index (χ3v) is 4.72. The van der Waals surface area contributed by atoms with Gasteiger partial charge in [0, 0.05) is 12.6 Å².